The van der Waals surface area contributed by atoms with Crippen LogP contribution >= 0.6 is 0 Å². The second-order valence-corrected chi connectivity index (χ2v) is 4.15. The largest absolute Gasteiger partial charge is 0.395 e. The molecule has 1 aliphatic rings. The van der Waals surface area contributed by atoms with E-state index < -0.39 is 0 Å². The summed E-state index contributed by atoms with van der Waals surface area (Å²) in [5.41, 5.74) is 0. The quantitative estimate of drug-likeness (QED) is 0.642. The Balaban J connectivity index is 2.26. The van der Waals surface area contributed by atoms with E-state index in [1.807, 2.05) is 0 Å². The molecule has 1 fully saturated rings. The first-order valence-electron chi connectivity index (χ1n) is 6.00. The van der Waals surface area contributed by atoms with Crippen LogP contribution in [0.15, 0.2) is 12.7 Å². The minimum absolute atomic E-state index is 0.0172. The predicted molar refractivity (Wildman–Crippen MR) is 64.2 cm³/mol. The van der Waals surface area contributed by atoms with Crippen LogP contribution in [0.2, 0.25) is 0 Å². The lowest BCUT2D eigenvalue weighted by Gasteiger charge is -2.21. The Hall–Kier alpha value is -0.870. The first kappa shape index (κ1) is 13.2. The second-order valence-electron chi connectivity index (χ2n) is 4.15. The van der Waals surface area contributed by atoms with Gasteiger partial charge in [-0.3, -0.25) is 4.79 Å². The molecule has 0 aromatic heterocycles. The van der Waals surface area contributed by atoms with E-state index in [-0.39, 0.29) is 12.5 Å². The van der Waals surface area contributed by atoms with Gasteiger partial charge in [-0.1, -0.05) is 6.08 Å². The highest BCUT2D eigenvalue weighted by atomic mass is 16.3. The van der Waals surface area contributed by atoms with Crippen LogP contribution in [0.5, 0.6) is 0 Å². The molecule has 1 saturated heterocycles. The maximum Gasteiger partial charge on any atom is 0.224 e. The van der Waals surface area contributed by atoms with Crippen LogP contribution < -0.4 is 0 Å². The molecule has 4 heteroatoms. The fraction of sp³-hybridized carbons (Fsp3) is 0.750. The van der Waals surface area contributed by atoms with E-state index in [1.165, 1.54) is 12.8 Å². The lowest BCUT2D eigenvalue weighted by atomic mass is 10.3. The topological polar surface area (TPSA) is 43.8 Å². The van der Waals surface area contributed by atoms with Gasteiger partial charge >= 0.3 is 0 Å². The number of aliphatic hydroxyl groups excluding tert-OH is 1. The average molecular weight is 226 g/mol. The van der Waals surface area contributed by atoms with E-state index in [4.69, 9.17) is 5.11 Å². The van der Waals surface area contributed by atoms with Gasteiger partial charge in [0.25, 0.3) is 0 Å². The van der Waals surface area contributed by atoms with E-state index in [2.05, 4.69) is 11.5 Å². The number of amides is 1. The number of hydrogen-bond acceptors (Lipinski definition) is 3. The van der Waals surface area contributed by atoms with Crippen molar-refractivity contribution in [3.8, 4) is 0 Å². The van der Waals surface area contributed by atoms with Gasteiger partial charge in [0.15, 0.2) is 0 Å². The normalized spacial score (nSPS) is 16.3. The molecule has 1 rings (SSSR count). The average Bonchev–Trinajstić information content (AvgIpc) is 2.78. The zero-order valence-corrected chi connectivity index (χ0v) is 9.90. The van der Waals surface area contributed by atoms with Crippen molar-refractivity contribution in [1.82, 2.24) is 9.80 Å². The predicted octanol–water partition coefficient (Wildman–Crippen LogP) is 0.479. The lowest BCUT2D eigenvalue weighted by Crippen LogP contribution is -2.36. The van der Waals surface area contributed by atoms with Crippen molar-refractivity contribution in [1.29, 1.82) is 0 Å². The van der Waals surface area contributed by atoms with E-state index in [1.54, 1.807) is 11.0 Å². The van der Waals surface area contributed by atoms with Gasteiger partial charge in [-0.15, -0.1) is 6.58 Å². The fourth-order valence-electron chi connectivity index (χ4n) is 2.01. The van der Waals surface area contributed by atoms with Crippen LogP contribution in [0.3, 0.4) is 0 Å². The van der Waals surface area contributed by atoms with Crippen molar-refractivity contribution in [2.24, 2.45) is 0 Å². The minimum Gasteiger partial charge on any atom is -0.395 e. The number of carbonyl (C=O) groups is 1. The molecule has 92 valence electrons. The number of aliphatic hydroxyl groups is 1. The molecule has 16 heavy (non-hydrogen) atoms. The van der Waals surface area contributed by atoms with E-state index >= 15 is 0 Å². The van der Waals surface area contributed by atoms with Gasteiger partial charge in [-0.2, -0.15) is 0 Å². The number of hydrogen-bond donors (Lipinski definition) is 1. The van der Waals surface area contributed by atoms with Gasteiger partial charge in [-0.05, 0) is 25.9 Å². The highest BCUT2D eigenvalue weighted by Gasteiger charge is 2.15. The van der Waals surface area contributed by atoms with Gasteiger partial charge in [0.2, 0.25) is 5.91 Å². The third-order valence-corrected chi connectivity index (χ3v) is 2.91. The molecule has 0 unspecified atom stereocenters. The summed E-state index contributed by atoms with van der Waals surface area (Å²) in [6.45, 7) is 7.65. The minimum atomic E-state index is 0.0172. The van der Waals surface area contributed by atoms with Crippen LogP contribution in [0.25, 0.3) is 0 Å². The van der Waals surface area contributed by atoms with Crippen LogP contribution in [0.1, 0.15) is 19.3 Å². The number of nitrogens with zero attached hydrogens (tertiary/aromatic N) is 2. The van der Waals surface area contributed by atoms with Gasteiger partial charge in [-0.25, -0.2) is 0 Å². The molecule has 0 saturated carbocycles. The van der Waals surface area contributed by atoms with Crippen LogP contribution in [0, 0.1) is 0 Å². The van der Waals surface area contributed by atoms with Crippen LogP contribution in [-0.2, 0) is 4.79 Å². The molecule has 0 bridgehead atoms. The Kier molecular flexibility index (Phi) is 6.11. The van der Waals surface area contributed by atoms with Gasteiger partial charge in [0.05, 0.1) is 6.61 Å². The second kappa shape index (κ2) is 7.41. The maximum atomic E-state index is 11.8. The third-order valence-electron chi connectivity index (χ3n) is 2.91. The molecule has 1 heterocycles. The summed E-state index contributed by atoms with van der Waals surface area (Å²) in [6, 6.07) is 0. The summed E-state index contributed by atoms with van der Waals surface area (Å²) in [7, 11) is 0. The van der Waals surface area contributed by atoms with Gasteiger partial charge < -0.3 is 14.9 Å². The van der Waals surface area contributed by atoms with Gasteiger partial charge in [0.1, 0.15) is 0 Å². The molecule has 0 spiro atoms. The van der Waals surface area contributed by atoms with E-state index in [0.29, 0.717) is 19.5 Å². The number of rotatable bonds is 7. The summed E-state index contributed by atoms with van der Waals surface area (Å²) >= 11 is 0. The molecule has 0 aliphatic carbocycles. The molecule has 0 aromatic carbocycles. The monoisotopic (exact) mass is 226 g/mol. The first-order valence-corrected chi connectivity index (χ1v) is 6.00. The molecule has 0 atom stereocenters. The Morgan fingerprint density at radius 3 is 2.69 bits per heavy atom. The maximum absolute atomic E-state index is 11.8. The molecular formula is C12H22N2O2. The summed E-state index contributed by atoms with van der Waals surface area (Å²) < 4.78 is 0. The van der Waals surface area contributed by atoms with E-state index in [0.717, 1.165) is 19.6 Å². The van der Waals surface area contributed by atoms with Crippen LogP contribution in [-0.4, -0.2) is 60.1 Å². The van der Waals surface area contributed by atoms with Crippen molar-refractivity contribution in [2.75, 3.05) is 39.3 Å². The summed E-state index contributed by atoms with van der Waals surface area (Å²) in [4.78, 5) is 15.8. The number of carbonyl (C=O) groups excluding carboxylic acids is 1. The first-order chi connectivity index (χ1) is 7.77. The number of likely N-dealkylation sites (tertiary alicyclic amines) is 1. The fourth-order valence-corrected chi connectivity index (χ4v) is 2.01. The molecule has 1 N–H and O–H groups in total. The summed E-state index contributed by atoms with van der Waals surface area (Å²) in [5, 5.41) is 8.85. The molecular weight excluding hydrogens is 204 g/mol. The Bertz CT molecular complexity index is 225. The highest BCUT2D eigenvalue weighted by Crippen LogP contribution is 2.08. The Labute approximate surface area is 97.5 Å². The summed E-state index contributed by atoms with van der Waals surface area (Å²) in [6.07, 6.45) is 4.75. The van der Waals surface area contributed by atoms with Gasteiger partial charge in [0, 0.05) is 26.1 Å². The molecule has 1 aliphatic heterocycles. The highest BCUT2D eigenvalue weighted by molar-refractivity contribution is 5.76. The summed E-state index contributed by atoms with van der Waals surface area (Å²) in [5.74, 6) is 0.112. The van der Waals surface area contributed by atoms with Crippen molar-refractivity contribution in [3.05, 3.63) is 12.7 Å². The molecule has 4 nitrogen and oxygen atoms in total. The SMILES string of the molecule is C=CCN(CCO)C(=O)CCN1CCCC1. The van der Waals surface area contributed by atoms with Crippen molar-refractivity contribution in [2.45, 2.75) is 19.3 Å². The third kappa shape index (κ3) is 4.33. The molecule has 1 amide bonds. The lowest BCUT2D eigenvalue weighted by molar-refractivity contribution is -0.131. The zero-order chi connectivity index (χ0) is 11.8. The Morgan fingerprint density at radius 2 is 2.12 bits per heavy atom. The van der Waals surface area contributed by atoms with Crippen molar-refractivity contribution < 1.29 is 9.90 Å². The Morgan fingerprint density at radius 1 is 1.44 bits per heavy atom. The molecule has 0 aromatic rings. The van der Waals surface area contributed by atoms with Crippen molar-refractivity contribution in [3.63, 3.8) is 0 Å². The standard InChI is InChI=1S/C12H22N2O2/c1-2-6-14(10-11-15)12(16)5-9-13-7-3-4-8-13/h2,15H,1,3-11H2. The van der Waals surface area contributed by atoms with Crippen molar-refractivity contribution >= 4 is 5.91 Å². The van der Waals surface area contributed by atoms with Crippen LogP contribution in [0.4, 0.5) is 0 Å². The zero-order valence-electron chi connectivity index (χ0n) is 9.90. The smallest absolute Gasteiger partial charge is 0.224 e. The van der Waals surface area contributed by atoms with E-state index in [9.17, 15) is 4.79 Å². The molecule has 0 radical (unpaired) electrons.